The molecule has 0 saturated carbocycles. The normalized spacial score (nSPS) is 12.7. The van der Waals surface area contributed by atoms with Gasteiger partial charge < -0.3 is 50.9 Å². The first kappa shape index (κ1) is 32.8. The Morgan fingerprint density at radius 3 is 1.91 bits per heavy atom. The first-order chi connectivity index (χ1) is 21.9. The molecule has 12 nitrogen and oxygen atoms in total. The number of aliphatic carboxylic acids is 1. The number of aromatic hydroxyl groups is 7. The average molecular weight is 630 g/mol. The summed E-state index contributed by atoms with van der Waals surface area (Å²) in [5.41, 5.74) is 2.17. The lowest BCUT2D eigenvalue weighted by molar-refractivity contribution is -0.162. The van der Waals surface area contributed by atoms with Crippen LogP contribution in [-0.4, -0.2) is 72.5 Å². The topological polar surface area (TPSA) is 217 Å². The Bertz CT molecular complexity index is 1830. The van der Waals surface area contributed by atoms with Crippen molar-refractivity contribution in [2.45, 2.75) is 12.0 Å². The van der Waals surface area contributed by atoms with E-state index in [0.717, 1.165) is 6.08 Å². The second kappa shape index (κ2) is 14.1. The zero-order valence-electron chi connectivity index (χ0n) is 24.3. The maximum absolute atomic E-state index is 12.8. The molecule has 0 aliphatic carbocycles. The SMILES string of the molecule is CNC[C@@H](c1ccc(O)c(O)c1)[C@@H](OC(=O)C=Cc1cc(O)c(O)cc1C=Cc1cc(O)c(O)cc1-c1cccc(O)c1)C(=O)O. The Morgan fingerprint density at radius 1 is 0.717 bits per heavy atom. The Labute approximate surface area is 262 Å². The highest BCUT2D eigenvalue weighted by Gasteiger charge is 2.33. The van der Waals surface area contributed by atoms with Gasteiger partial charge in [0.1, 0.15) is 5.75 Å². The molecule has 0 spiro atoms. The van der Waals surface area contributed by atoms with Crippen LogP contribution in [0.2, 0.25) is 0 Å². The molecule has 0 fully saturated rings. The summed E-state index contributed by atoms with van der Waals surface area (Å²) in [5, 5.41) is 82.8. The lowest BCUT2D eigenvalue weighted by Crippen LogP contribution is -2.37. The van der Waals surface area contributed by atoms with Crippen LogP contribution in [0.4, 0.5) is 0 Å². The third kappa shape index (κ3) is 7.68. The van der Waals surface area contributed by atoms with E-state index < -0.39 is 58.5 Å². The van der Waals surface area contributed by atoms with E-state index in [0.29, 0.717) is 16.7 Å². The van der Waals surface area contributed by atoms with E-state index in [2.05, 4.69) is 5.32 Å². The van der Waals surface area contributed by atoms with Crippen molar-refractivity contribution in [1.29, 1.82) is 0 Å². The average Bonchev–Trinajstić information content (AvgIpc) is 3.01. The van der Waals surface area contributed by atoms with Gasteiger partial charge in [-0.15, -0.1) is 0 Å². The highest BCUT2D eigenvalue weighted by molar-refractivity contribution is 5.91. The fraction of sp³-hybridized carbons (Fsp3) is 0.118. The van der Waals surface area contributed by atoms with Crippen LogP contribution >= 0.6 is 0 Å². The number of phenols is 7. The molecular weight excluding hydrogens is 598 g/mol. The lowest BCUT2D eigenvalue weighted by atomic mass is 9.92. The molecular formula is C34H31NO11. The molecule has 12 heteroatoms. The summed E-state index contributed by atoms with van der Waals surface area (Å²) < 4.78 is 5.28. The van der Waals surface area contributed by atoms with Crippen LogP contribution in [-0.2, 0) is 14.3 Å². The van der Waals surface area contributed by atoms with Crippen LogP contribution in [0, 0.1) is 0 Å². The number of carbonyl (C=O) groups is 2. The molecule has 0 aliphatic heterocycles. The van der Waals surface area contributed by atoms with Crippen LogP contribution in [0.5, 0.6) is 40.2 Å². The van der Waals surface area contributed by atoms with Crippen molar-refractivity contribution in [1.82, 2.24) is 5.32 Å². The first-order valence-corrected chi connectivity index (χ1v) is 13.7. The quantitative estimate of drug-likeness (QED) is 0.0486. The number of benzene rings is 4. The van der Waals surface area contributed by atoms with Gasteiger partial charge in [-0.1, -0.05) is 30.4 Å². The number of hydrogen-bond acceptors (Lipinski definition) is 11. The second-order valence-electron chi connectivity index (χ2n) is 10.2. The van der Waals surface area contributed by atoms with Gasteiger partial charge in [0, 0.05) is 18.5 Å². The number of rotatable bonds is 11. The molecule has 0 unspecified atom stereocenters. The van der Waals surface area contributed by atoms with Gasteiger partial charge in [-0.25, -0.2) is 9.59 Å². The molecule has 9 N–H and O–H groups in total. The standard InChI is InChI=1S/C34H31NO11/c1-35-17-25(22-7-9-26(37)27(38)15-22)33(34(44)45)46-32(43)10-8-19-13-29(40)28(39)12-18(19)5-6-21-14-30(41)31(42)16-24(21)20-3-2-4-23(36)11-20/h2-16,25,33,35-42H,17H2,1H3,(H,44,45)/t25-,33+/m0/s1. The zero-order valence-corrected chi connectivity index (χ0v) is 24.3. The summed E-state index contributed by atoms with van der Waals surface area (Å²) >= 11 is 0. The molecule has 4 rings (SSSR count). The summed E-state index contributed by atoms with van der Waals surface area (Å²) in [6.07, 6.45) is 3.52. The molecule has 238 valence electrons. The molecule has 4 aromatic rings. The number of hydrogen-bond donors (Lipinski definition) is 9. The van der Waals surface area contributed by atoms with Crippen molar-refractivity contribution in [2.24, 2.45) is 0 Å². The predicted octanol–water partition coefficient (Wildman–Crippen LogP) is 4.48. The van der Waals surface area contributed by atoms with Crippen molar-refractivity contribution in [3.8, 4) is 51.4 Å². The van der Waals surface area contributed by atoms with E-state index in [4.69, 9.17) is 4.74 Å². The summed E-state index contributed by atoms with van der Waals surface area (Å²) in [4.78, 5) is 25.0. The Morgan fingerprint density at radius 2 is 1.30 bits per heavy atom. The van der Waals surface area contributed by atoms with Crippen molar-refractivity contribution in [3.63, 3.8) is 0 Å². The summed E-state index contributed by atoms with van der Waals surface area (Å²) in [6.45, 7) is 0.0381. The van der Waals surface area contributed by atoms with Gasteiger partial charge in [-0.05, 0) is 95.0 Å². The van der Waals surface area contributed by atoms with Crippen LogP contribution in [0.1, 0.15) is 28.2 Å². The monoisotopic (exact) mass is 629 g/mol. The molecule has 2 atom stereocenters. The van der Waals surface area contributed by atoms with Crippen LogP contribution in [0.15, 0.2) is 72.8 Å². The molecule has 0 bridgehead atoms. The third-order valence-electron chi connectivity index (χ3n) is 7.03. The third-order valence-corrected chi connectivity index (χ3v) is 7.03. The van der Waals surface area contributed by atoms with Gasteiger partial charge in [0.15, 0.2) is 34.5 Å². The van der Waals surface area contributed by atoms with Gasteiger partial charge >= 0.3 is 11.9 Å². The highest BCUT2D eigenvalue weighted by atomic mass is 16.6. The van der Waals surface area contributed by atoms with Crippen LogP contribution < -0.4 is 5.32 Å². The van der Waals surface area contributed by atoms with Gasteiger partial charge in [0.2, 0.25) is 6.10 Å². The summed E-state index contributed by atoms with van der Waals surface area (Å²) in [7, 11) is 1.56. The number of phenolic OH excluding ortho intramolecular Hbond substituents is 7. The minimum atomic E-state index is -1.70. The van der Waals surface area contributed by atoms with Crippen molar-refractivity contribution >= 4 is 30.2 Å². The predicted molar refractivity (Wildman–Crippen MR) is 169 cm³/mol. The van der Waals surface area contributed by atoms with E-state index in [1.165, 1.54) is 72.8 Å². The molecule has 0 aromatic heterocycles. The number of carbonyl (C=O) groups excluding carboxylic acids is 1. The maximum Gasteiger partial charge on any atom is 0.345 e. The smallest absolute Gasteiger partial charge is 0.345 e. The van der Waals surface area contributed by atoms with Gasteiger partial charge in [-0.2, -0.15) is 0 Å². The zero-order chi connectivity index (χ0) is 33.5. The highest BCUT2D eigenvalue weighted by Crippen LogP contribution is 2.37. The number of ether oxygens (including phenoxy) is 1. The lowest BCUT2D eigenvalue weighted by Gasteiger charge is -2.24. The number of carboxylic acids is 1. The second-order valence-corrected chi connectivity index (χ2v) is 10.2. The van der Waals surface area contributed by atoms with Crippen molar-refractivity contribution in [3.05, 3.63) is 95.1 Å². The fourth-order valence-corrected chi connectivity index (χ4v) is 4.75. The number of nitrogens with one attached hydrogen (secondary N) is 1. The molecule has 0 amide bonds. The molecule has 0 heterocycles. The van der Waals surface area contributed by atoms with Gasteiger partial charge in [-0.3, -0.25) is 0 Å². The van der Waals surface area contributed by atoms with Crippen LogP contribution in [0.25, 0.3) is 29.4 Å². The number of carboxylic acid groups (broad SMARTS) is 1. The molecule has 4 aromatic carbocycles. The first-order valence-electron chi connectivity index (χ1n) is 13.7. The molecule has 0 aliphatic rings. The molecule has 0 radical (unpaired) electrons. The minimum absolute atomic E-state index is 0.0219. The van der Waals surface area contributed by atoms with Crippen molar-refractivity contribution in [2.75, 3.05) is 13.6 Å². The largest absolute Gasteiger partial charge is 0.508 e. The minimum Gasteiger partial charge on any atom is -0.508 e. The Kier molecular flexibility index (Phi) is 10.0. The maximum atomic E-state index is 12.8. The fourth-order valence-electron chi connectivity index (χ4n) is 4.75. The van der Waals surface area contributed by atoms with E-state index >= 15 is 0 Å². The van der Waals surface area contributed by atoms with Crippen LogP contribution in [0.3, 0.4) is 0 Å². The van der Waals surface area contributed by atoms with E-state index in [1.807, 2.05) is 0 Å². The summed E-state index contributed by atoms with van der Waals surface area (Å²) in [6, 6.07) is 15.0. The van der Waals surface area contributed by atoms with Gasteiger partial charge in [0.25, 0.3) is 0 Å². The Hall–Kier alpha value is -6.14. The van der Waals surface area contributed by atoms with Gasteiger partial charge in [0.05, 0.1) is 0 Å². The molecule has 46 heavy (non-hydrogen) atoms. The van der Waals surface area contributed by atoms with E-state index in [1.54, 1.807) is 19.2 Å². The van der Waals surface area contributed by atoms with E-state index in [-0.39, 0.29) is 29.0 Å². The van der Waals surface area contributed by atoms with Crippen molar-refractivity contribution < 1.29 is 55.2 Å². The van der Waals surface area contributed by atoms with E-state index in [9.17, 15) is 50.4 Å². The Balaban J connectivity index is 1.65. The number of likely N-dealkylation sites (N-methyl/N-ethyl adjacent to an activating group) is 1. The summed E-state index contributed by atoms with van der Waals surface area (Å²) in [5.74, 6) is -6.13. The number of esters is 1. The molecule has 0 saturated heterocycles.